The van der Waals surface area contributed by atoms with Crippen molar-refractivity contribution < 1.29 is 14.3 Å². The van der Waals surface area contributed by atoms with E-state index in [0.717, 1.165) is 23.4 Å². The van der Waals surface area contributed by atoms with Crippen LogP contribution < -0.4 is 15.5 Å². The van der Waals surface area contributed by atoms with Gasteiger partial charge in [0, 0.05) is 23.0 Å². The van der Waals surface area contributed by atoms with Gasteiger partial charge in [-0.15, -0.1) is 0 Å². The summed E-state index contributed by atoms with van der Waals surface area (Å²) in [5, 5.41) is 11.2. The summed E-state index contributed by atoms with van der Waals surface area (Å²) in [6.45, 7) is 2.71. The lowest BCUT2D eigenvalue weighted by molar-refractivity contribution is -0.136. The molecule has 176 valence electrons. The van der Waals surface area contributed by atoms with Crippen LogP contribution in [0.3, 0.4) is 0 Å². The number of rotatable bonds is 8. The molecular weight excluding hydrogens is 442 g/mol. The molecule has 35 heavy (non-hydrogen) atoms. The Bertz CT molecular complexity index is 1300. The zero-order valence-electron chi connectivity index (χ0n) is 19.2. The van der Waals surface area contributed by atoms with Gasteiger partial charge in [-0.2, -0.15) is 10.2 Å². The third-order valence-corrected chi connectivity index (χ3v) is 4.97. The number of benzene rings is 3. The average Bonchev–Trinajstić information content (AvgIpc) is 3.33. The predicted molar refractivity (Wildman–Crippen MR) is 136 cm³/mol. The number of nitrogens with one attached hydrogen (secondary N) is 2. The molecule has 1 heterocycles. The van der Waals surface area contributed by atoms with Crippen molar-refractivity contribution in [1.29, 1.82) is 0 Å². The minimum Gasteiger partial charge on any atom is -0.494 e. The van der Waals surface area contributed by atoms with Crippen LogP contribution >= 0.6 is 0 Å². The van der Waals surface area contributed by atoms with E-state index < -0.39 is 11.8 Å². The number of aromatic nitrogens is 2. The molecular formula is C27H25N5O3. The van der Waals surface area contributed by atoms with Gasteiger partial charge in [-0.1, -0.05) is 43.3 Å². The molecule has 0 saturated carbocycles. The average molecular weight is 468 g/mol. The largest absolute Gasteiger partial charge is 0.494 e. The molecule has 0 unspecified atom stereocenters. The first-order chi connectivity index (χ1) is 17.1. The van der Waals surface area contributed by atoms with Gasteiger partial charge >= 0.3 is 11.8 Å². The van der Waals surface area contributed by atoms with Crippen molar-refractivity contribution in [1.82, 2.24) is 15.2 Å². The minimum atomic E-state index is -0.875. The summed E-state index contributed by atoms with van der Waals surface area (Å²) in [4.78, 5) is 24.3. The number of amides is 2. The zero-order chi connectivity index (χ0) is 24.5. The van der Waals surface area contributed by atoms with Crippen LogP contribution in [-0.4, -0.2) is 34.4 Å². The van der Waals surface area contributed by atoms with Gasteiger partial charge in [0.1, 0.15) is 11.4 Å². The predicted octanol–water partition coefficient (Wildman–Crippen LogP) is 4.42. The van der Waals surface area contributed by atoms with Crippen LogP contribution in [0, 0.1) is 0 Å². The fourth-order valence-corrected chi connectivity index (χ4v) is 3.27. The summed E-state index contributed by atoms with van der Waals surface area (Å²) in [6, 6.07) is 26.0. The molecule has 8 nitrogen and oxygen atoms in total. The van der Waals surface area contributed by atoms with E-state index >= 15 is 0 Å². The number of hydrazone groups is 1. The summed E-state index contributed by atoms with van der Waals surface area (Å²) in [5.74, 6) is -0.902. The van der Waals surface area contributed by atoms with Crippen molar-refractivity contribution in [3.63, 3.8) is 0 Å². The molecule has 0 saturated heterocycles. The van der Waals surface area contributed by atoms with E-state index in [1.165, 1.54) is 6.21 Å². The van der Waals surface area contributed by atoms with Crippen LogP contribution in [0.1, 0.15) is 18.9 Å². The van der Waals surface area contributed by atoms with Gasteiger partial charge in [-0.05, 0) is 55.0 Å². The molecule has 0 bridgehead atoms. The molecule has 0 aliphatic heterocycles. The highest BCUT2D eigenvalue weighted by atomic mass is 16.5. The highest BCUT2D eigenvalue weighted by Crippen LogP contribution is 2.25. The summed E-state index contributed by atoms with van der Waals surface area (Å²) in [7, 11) is 0. The number of nitrogens with zero attached hydrogens (tertiary/aromatic N) is 3. The van der Waals surface area contributed by atoms with E-state index in [1.807, 2.05) is 66.9 Å². The molecule has 0 aliphatic rings. The standard InChI is InChI=1S/C27H25N5O3/c1-2-17-35-24-15-13-20(14-16-24)25-21(19-32(31-25)23-11-7-4-8-12-23)18-28-30-27(34)26(33)29-22-9-5-3-6-10-22/h3-16,18-19H,2,17H2,1H3,(H,29,33)(H,30,34)/b28-18-. The lowest BCUT2D eigenvalue weighted by Gasteiger charge is -2.05. The third-order valence-electron chi connectivity index (χ3n) is 4.97. The Morgan fingerprint density at radius 1 is 0.943 bits per heavy atom. The van der Waals surface area contributed by atoms with E-state index in [-0.39, 0.29) is 0 Å². The van der Waals surface area contributed by atoms with Crippen molar-refractivity contribution in [3.8, 4) is 22.7 Å². The summed E-state index contributed by atoms with van der Waals surface area (Å²) < 4.78 is 7.41. The SMILES string of the molecule is CCCOc1ccc(-c2nn(-c3ccccc3)cc2/C=N\NC(=O)C(=O)Nc2ccccc2)cc1. The number of hydrogen-bond acceptors (Lipinski definition) is 5. The van der Waals surface area contributed by atoms with Gasteiger partial charge in [-0.3, -0.25) is 9.59 Å². The normalized spacial score (nSPS) is 10.8. The topological polar surface area (TPSA) is 97.6 Å². The van der Waals surface area contributed by atoms with Crippen molar-refractivity contribution in [2.24, 2.45) is 5.10 Å². The first-order valence-electron chi connectivity index (χ1n) is 11.2. The molecule has 4 aromatic rings. The maximum absolute atomic E-state index is 12.2. The Morgan fingerprint density at radius 2 is 1.63 bits per heavy atom. The Labute approximate surface area is 203 Å². The van der Waals surface area contributed by atoms with Crippen LogP contribution in [0.2, 0.25) is 0 Å². The van der Waals surface area contributed by atoms with Crippen LogP contribution in [0.5, 0.6) is 5.75 Å². The second-order valence-corrected chi connectivity index (χ2v) is 7.61. The molecule has 4 rings (SSSR count). The Balaban J connectivity index is 1.53. The monoisotopic (exact) mass is 467 g/mol. The summed E-state index contributed by atoms with van der Waals surface area (Å²) in [6.07, 6.45) is 4.21. The van der Waals surface area contributed by atoms with Crippen molar-refractivity contribution >= 4 is 23.7 Å². The smallest absolute Gasteiger partial charge is 0.329 e. The lowest BCUT2D eigenvalue weighted by Crippen LogP contribution is -2.32. The fraction of sp³-hybridized carbons (Fsp3) is 0.111. The number of carbonyl (C=O) groups excluding carboxylic acids is 2. The number of ether oxygens (including phenoxy) is 1. The molecule has 0 atom stereocenters. The molecule has 1 aromatic heterocycles. The Kier molecular flexibility index (Phi) is 7.65. The molecule has 0 radical (unpaired) electrons. The van der Waals surface area contributed by atoms with Crippen molar-refractivity contribution in [3.05, 3.63) is 96.7 Å². The first kappa shape index (κ1) is 23.4. The van der Waals surface area contributed by atoms with E-state index in [0.29, 0.717) is 23.6 Å². The molecule has 3 aromatic carbocycles. The van der Waals surface area contributed by atoms with Gasteiger partial charge in [-0.25, -0.2) is 10.1 Å². The van der Waals surface area contributed by atoms with Gasteiger partial charge < -0.3 is 10.1 Å². The Hall–Kier alpha value is -4.72. The number of carbonyl (C=O) groups is 2. The quantitative estimate of drug-likeness (QED) is 0.228. The van der Waals surface area contributed by atoms with E-state index in [9.17, 15) is 9.59 Å². The summed E-state index contributed by atoms with van der Waals surface area (Å²) in [5.41, 5.74) is 5.87. The van der Waals surface area contributed by atoms with Crippen LogP contribution in [0.4, 0.5) is 5.69 Å². The Morgan fingerprint density at radius 3 is 2.31 bits per heavy atom. The zero-order valence-corrected chi connectivity index (χ0v) is 19.2. The second kappa shape index (κ2) is 11.4. The van der Waals surface area contributed by atoms with Gasteiger partial charge in [0.25, 0.3) is 0 Å². The molecule has 0 fully saturated rings. The van der Waals surface area contributed by atoms with Gasteiger partial charge in [0.15, 0.2) is 0 Å². The highest BCUT2D eigenvalue weighted by Gasteiger charge is 2.14. The number of hydrogen-bond donors (Lipinski definition) is 2. The maximum atomic E-state index is 12.2. The van der Waals surface area contributed by atoms with E-state index in [1.54, 1.807) is 28.9 Å². The van der Waals surface area contributed by atoms with Gasteiger partial charge in [0.05, 0.1) is 18.5 Å². The van der Waals surface area contributed by atoms with E-state index in [4.69, 9.17) is 9.84 Å². The fourth-order valence-electron chi connectivity index (χ4n) is 3.27. The van der Waals surface area contributed by atoms with Crippen LogP contribution in [0.25, 0.3) is 16.9 Å². The molecule has 8 heteroatoms. The molecule has 2 amide bonds. The molecule has 2 N–H and O–H groups in total. The second-order valence-electron chi connectivity index (χ2n) is 7.61. The summed E-state index contributed by atoms with van der Waals surface area (Å²) >= 11 is 0. The first-order valence-corrected chi connectivity index (χ1v) is 11.2. The highest BCUT2D eigenvalue weighted by molar-refractivity contribution is 6.39. The maximum Gasteiger partial charge on any atom is 0.329 e. The van der Waals surface area contributed by atoms with Crippen LogP contribution in [-0.2, 0) is 9.59 Å². The molecule has 0 spiro atoms. The molecule has 0 aliphatic carbocycles. The van der Waals surface area contributed by atoms with Crippen LogP contribution in [0.15, 0.2) is 96.2 Å². The van der Waals surface area contributed by atoms with E-state index in [2.05, 4.69) is 22.8 Å². The van der Waals surface area contributed by atoms with Gasteiger partial charge in [0.2, 0.25) is 0 Å². The number of anilines is 1. The third kappa shape index (κ3) is 6.20. The lowest BCUT2D eigenvalue weighted by atomic mass is 10.1. The number of para-hydroxylation sites is 2. The van der Waals surface area contributed by atoms with Crippen molar-refractivity contribution in [2.45, 2.75) is 13.3 Å². The van der Waals surface area contributed by atoms with Crippen molar-refractivity contribution in [2.75, 3.05) is 11.9 Å². The minimum absolute atomic E-state index is 0.523.